The van der Waals surface area contributed by atoms with Crippen LogP contribution in [-0.4, -0.2) is 62.7 Å². The van der Waals surface area contributed by atoms with E-state index in [1.54, 1.807) is 19.4 Å². The summed E-state index contributed by atoms with van der Waals surface area (Å²) in [6.45, 7) is 11.1. The van der Waals surface area contributed by atoms with Gasteiger partial charge in [-0.1, -0.05) is 37.6 Å². The third kappa shape index (κ3) is 7.37. The third-order valence-electron chi connectivity index (χ3n) is 7.54. The van der Waals surface area contributed by atoms with Gasteiger partial charge in [-0.25, -0.2) is 0 Å². The molecule has 9 nitrogen and oxygen atoms in total. The number of methoxy groups -OCH3 is 1. The number of nitrogens with one attached hydrogen (secondary N) is 1. The van der Waals surface area contributed by atoms with E-state index >= 15 is 0 Å². The first-order valence-corrected chi connectivity index (χ1v) is 15.2. The second kappa shape index (κ2) is 14.0. The van der Waals surface area contributed by atoms with E-state index in [0.29, 0.717) is 41.5 Å². The third-order valence-corrected chi connectivity index (χ3v) is 7.82. The highest BCUT2D eigenvalue weighted by Gasteiger charge is 2.20. The molecule has 2 saturated heterocycles. The van der Waals surface area contributed by atoms with Gasteiger partial charge >= 0.3 is 0 Å². The van der Waals surface area contributed by atoms with Crippen molar-refractivity contribution in [2.75, 3.05) is 61.7 Å². The molecule has 10 heteroatoms. The summed E-state index contributed by atoms with van der Waals surface area (Å²) in [5.41, 5.74) is 6.20. The van der Waals surface area contributed by atoms with E-state index in [2.05, 4.69) is 59.3 Å². The van der Waals surface area contributed by atoms with Crippen LogP contribution in [0.1, 0.15) is 62.1 Å². The summed E-state index contributed by atoms with van der Waals surface area (Å²) in [5, 5.41) is 4.89. The highest BCUT2D eigenvalue weighted by atomic mass is 35.5. The molecule has 2 aliphatic rings. The molecule has 0 amide bonds. The first-order valence-electron chi connectivity index (χ1n) is 14.8. The fourth-order valence-electron chi connectivity index (χ4n) is 5.31. The molecule has 0 unspecified atom stereocenters. The molecule has 0 bridgehead atoms. The fraction of sp³-hybridized carbons (Fsp3) is 0.469. The number of aromatic nitrogens is 2. The number of halogens is 1. The van der Waals surface area contributed by atoms with Gasteiger partial charge in [0.25, 0.3) is 0 Å². The van der Waals surface area contributed by atoms with Crippen LogP contribution >= 0.6 is 11.6 Å². The first-order chi connectivity index (χ1) is 20.4. The molecule has 5 rings (SSSR count). The zero-order valence-electron chi connectivity index (χ0n) is 25.0. The summed E-state index contributed by atoms with van der Waals surface area (Å²) in [6.07, 6.45) is 6.40. The Balaban J connectivity index is 1.23. The summed E-state index contributed by atoms with van der Waals surface area (Å²) in [7, 11) is 1.59. The van der Waals surface area contributed by atoms with Crippen LogP contribution in [0, 0.1) is 6.92 Å². The van der Waals surface area contributed by atoms with Crippen LogP contribution in [-0.2, 0) is 0 Å². The van der Waals surface area contributed by atoms with Gasteiger partial charge in [-0.3, -0.25) is 5.43 Å². The Morgan fingerprint density at radius 3 is 2.36 bits per heavy atom. The van der Waals surface area contributed by atoms with Crippen LogP contribution in [0.2, 0.25) is 5.02 Å². The van der Waals surface area contributed by atoms with Crippen molar-refractivity contribution < 1.29 is 14.2 Å². The van der Waals surface area contributed by atoms with Gasteiger partial charge in [0.2, 0.25) is 5.95 Å². The second-order valence-corrected chi connectivity index (χ2v) is 11.5. The minimum Gasteiger partial charge on any atom is -0.493 e. The van der Waals surface area contributed by atoms with E-state index in [0.717, 1.165) is 54.8 Å². The van der Waals surface area contributed by atoms with Crippen molar-refractivity contribution in [3.63, 3.8) is 0 Å². The number of ether oxygens (including phenoxy) is 3. The summed E-state index contributed by atoms with van der Waals surface area (Å²) in [6, 6.07) is 11.9. The molecule has 2 fully saturated rings. The van der Waals surface area contributed by atoms with Crippen LogP contribution in [0.3, 0.4) is 0 Å². The largest absolute Gasteiger partial charge is 0.493 e. The van der Waals surface area contributed by atoms with Gasteiger partial charge in [0.1, 0.15) is 24.8 Å². The summed E-state index contributed by atoms with van der Waals surface area (Å²) < 4.78 is 17.7. The molecule has 0 saturated carbocycles. The fourth-order valence-corrected chi connectivity index (χ4v) is 5.59. The van der Waals surface area contributed by atoms with E-state index in [9.17, 15) is 0 Å². The molecule has 0 aliphatic carbocycles. The molecule has 3 heterocycles. The average Bonchev–Trinajstić information content (AvgIpc) is 3.71. The predicted molar refractivity (Wildman–Crippen MR) is 170 cm³/mol. The number of benzene rings is 2. The van der Waals surface area contributed by atoms with Crippen molar-refractivity contribution in [2.24, 2.45) is 5.10 Å². The number of nitrogens with zero attached hydrogens (tertiary/aromatic N) is 5. The molecule has 3 aromatic rings. The number of aryl methyl sites for hydroxylation is 1. The number of rotatable bonds is 12. The van der Waals surface area contributed by atoms with Crippen LogP contribution < -0.4 is 29.4 Å². The zero-order chi connectivity index (χ0) is 29.5. The Labute approximate surface area is 253 Å². The van der Waals surface area contributed by atoms with Crippen molar-refractivity contribution in [1.29, 1.82) is 0 Å². The molecule has 0 spiro atoms. The van der Waals surface area contributed by atoms with Gasteiger partial charge in [0, 0.05) is 32.2 Å². The molecule has 2 aliphatic heterocycles. The highest BCUT2D eigenvalue weighted by Crippen LogP contribution is 2.36. The first kappa shape index (κ1) is 29.8. The normalized spacial score (nSPS) is 15.2. The monoisotopic (exact) mass is 592 g/mol. The Morgan fingerprint density at radius 1 is 0.929 bits per heavy atom. The average molecular weight is 593 g/mol. The quantitative estimate of drug-likeness (QED) is 0.142. The lowest BCUT2D eigenvalue weighted by molar-refractivity contribution is 0.210. The van der Waals surface area contributed by atoms with Crippen LogP contribution in [0.25, 0.3) is 0 Å². The van der Waals surface area contributed by atoms with Crippen molar-refractivity contribution in [1.82, 2.24) is 9.97 Å². The maximum absolute atomic E-state index is 6.62. The molecule has 1 aromatic heterocycles. The topological polar surface area (TPSA) is 84.3 Å². The number of hydrogen-bond acceptors (Lipinski definition) is 9. The summed E-state index contributed by atoms with van der Waals surface area (Å²) in [5.74, 6) is 4.62. The standard InChI is InChI=1S/C32H41ClN6O3/c1-22(2)25-10-9-23(3)17-27(25)41-15-16-42-31-26(33)18-24(19-28(31)40-4)21-34-37-29-20-30(38-11-5-6-12-38)36-32(35-29)39-13-7-8-14-39/h9-10,17-22H,5-8,11-16H2,1-4H3,(H,35,36,37)/b34-21+. The van der Waals surface area contributed by atoms with Crippen molar-refractivity contribution in [3.8, 4) is 17.2 Å². The van der Waals surface area contributed by atoms with Gasteiger partial charge < -0.3 is 24.0 Å². The molecular formula is C32H41ClN6O3. The van der Waals surface area contributed by atoms with Crippen LogP contribution in [0.5, 0.6) is 17.2 Å². The van der Waals surface area contributed by atoms with Gasteiger partial charge in [-0.15, -0.1) is 0 Å². The molecule has 1 N–H and O–H groups in total. The molecule has 2 aromatic carbocycles. The Kier molecular flexibility index (Phi) is 9.89. The van der Waals surface area contributed by atoms with Crippen molar-refractivity contribution in [3.05, 3.63) is 58.1 Å². The smallest absolute Gasteiger partial charge is 0.229 e. The van der Waals surface area contributed by atoms with E-state index in [4.69, 9.17) is 35.8 Å². The Bertz CT molecular complexity index is 1350. The molecule has 224 valence electrons. The Hall–Kier alpha value is -3.72. The predicted octanol–water partition coefficient (Wildman–Crippen LogP) is 6.67. The highest BCUT2D eigenvalue weighted by molar-refractivity contribution is 6.32. The van der Waals surface area contributed by atoms with Crippen LogP contribution in [0.15, 0.2) is 41.5 Å². The lowest BCUT2D eigenvalue weighted by atomic mass is 10.0. The number of hydrazone groups is 1. The van der Waals surface area contributed by atoms with Gasteiger partial charge in [0.05, 0.1) is 18.3 Å². The van der Waals surface area contributed by atoms with Crippen LogP contribution in [0.4, 0.5) is 17.6 Å². The minimum atomic E-state index is 0.322. The molecule has 0 radical (unpaired) electrons. The lowest BCUT2D eigenvalue weighted by Crippen LogP contribution is -2.24. The SMILES string of the molecule is COc1cc(/C=N/Nc2cc(N3CCCC3)nc(N3CCCC3)n2)cc(Cl)c1OCCOc1cc(C)ccc1C(C)C. The van der Waals surface area contributed by atoms with E-state index in [-0.39, 0.29) is 0 Å². The van der Waals surface area contributed by atoms with E-state index in [1.807, 2.05) is 12.1 Å². The maximum Gasteiger partial charge on any atom is 0.229 e. The minimum absolute atomic E-state index is 0.322. The van der Waals surface area contributed by atoms with Gasteiger partial charge in [-0.2, -0.15) is 15.1 Å². The lowest BCUT2D eigenvalue weighted by Gasteiger charge is -2.21. The number of anilines is 3. The van der Waals surface area contributed by atoms with E-state index in [1.165, 1.54) is 31.2 Å². The van der Waals surface area contributed by atoms with Crippen molar-refractivity contribution >= 4 is 35.4 Å². The van der Waals surface area contributed by atoms with E-state index < -0.39 is 0 Å². The van der Waals surface area contributed by atoms with Gasteiger partial charge in [0.15, 0.2) is 17.3 Å². The number of hydrogen-bond donors (Lipinski definition) is 1. The molecular weight excluding hydrogens is 552 g/mol. The Morgan fingerprint density at radius 2 is 1.64 bits per heavy atom. The molecule has 42 heavy (non-hydrogen) atoms. The molecule has 0 atom stereocenters. The summed E-state index contributed by atoms with van der Waals surface area (Å²) in [4.78, 5) is 14.2. The van der Waals surface area contributed by atoms with Crippen molar-refractivity contribution in [2.45, 2.75) is 52.4 Å². The second-order valence-electron chi connectivity index (χ2n) is 11.1. The van der Waals surface area contributed by atoms with Gasteiger partial charge in [-0.05, 0) is 73.4 Å². The summed E-state index contributed by atoms with van der Waals surface area (Å²) >= 11 is 6.62. The zero-order valence-corrected chi connectivity index (χ0v) is 25.8. The maximum atomic E-state index is 6.62.